The van der Waals surface area contributed by atoms with Gasteiger partial charge in [0, 0.05) is 24.9 Å². The summed E-state index contributed by atoms with van der Waals surface area (Å²) in [6.07, 6.45) is 3.88. The average molecular weight is 230 g/mol. The van der Waals surface area contributed by atoms with Crippen LogP contribution in [0.25, 0.3) is 0 Å². The molecule has 0 aliphatic carbocycles. The lowest BCUT2D eigenvalue weighted by molar-refractivity contribution is 0.174. The van der Waals surface area contributed by atoms with Crippen molar-refractivity contribution in [1.29, 1.82) is 0 Å². The molecule has 2 heterocycles. The topological polar surface area (TPSA) is 60.3 Å². The fourth-order valence-corrected chi connectivity index (χ4v) is 2.15. The van der Waals surface area contributed by atoms with Gasteiger partial charge in [0.1, 0.15) is 0 Å². The van der Waals surface area contributed by atoms with E-state index in [9.17, 15) is 0 Å². The summed E-state index contributed by atoms with van der Waals surface area (Å²) in [5.74, 6) is 1.80. The lowest BCUT2D eigenvalue weighted by Gasteiger charge is -2.14. The summed E-state index contributed by atoms with van der Waals surface area (Å²) in [7, 11) is 0. The standard InChI is InChI=1S/C13H14N2O2/c14-6-11(10-3-4-15-7-10)9-1-2-12-13(5-9)17-8-16-12/h1-5,7,11,15H,6,8,14H2. The quantitative estimate of drug-likeness (QED) is 0.845. The highest BCUT2D eigenvalue weighted by atomic mass is 16.7. The maximum Gasteiger partial charge on any atom is 0.231 e. The molecule has 1 unspecified atom stereocenters. The van der Waals surface area contributed by atoms with Crippen molar-refractivity contribution < 1.29 is 9.47 Å². The summed E-state index contributed by atoms with van der Waals surface area (Å²) in [5.41, 5.74) is 8.19. The fraction of sp³-hybridized carbons (Fsp3) is 0.231. The van der Waals surface area contributed by atoms with Crippen LogP contribution in [0.15, 0.2) is 36.7 Å². The molecule has 1 aromatic heterocycles. The Morgan fingerprint density at radius 2 is 2.06 bits per heavy atom. The zero-order chi connectivity index (χ0) is 11.7. The van der Waals surface area contributed by atoms with Crippen LogP contribution in [0.4, 0.5) is 0 Å². The molecular formula is C13H14N2O2. The zero-order valence-electron chi connectivity index (χ0n) is 9.35. The van der Waals surface area contributed by atoms with E-state index in [0.717, 1.165) is 17.1 Å². The zero-order valence-corrected chi connectivity index (χ0v) is 9.35. The van der Waals surface area contributed by atoms with E-state index in [-0.39, 0.29) is 5.92 Å². The van der Waals surface area contributed by atoms with Crippen molar-refractivity contribution in [3.63, 3.8) is 0 Å². The SMILES string of the molecule is NCC(c1cc[nH]c1)c1ccc2c(c1)OCO2. The van der Waals surface area contributed by atoms with Gasteiger partial charge in [-0.3, -0.25) is 0 Å². The normalized spacial score (nSPS) is 14.9. The van der Waals surface area contributed by atoms with Crippen molar-refractivity contribution in [2.45, 2.75) is 5.92 Å². The van der Waals surface area contributed by atoms with Gasteiger partial charge in [-0.15, -0.1) is 0 Å². The highest BCUT2D eigenvalue weighted by Gasteiger charge is 2.18. The molecule has 0 saturated heterocycles. The van der Waals surface area contributed by atoms with Crippen LogP contribution >= 0.6 is 0 Å². The monoisotopic (exact) mass is 230 g/mol. The Bertz CT molecular complexity index is 508. The maximum atomic E-state index is 5.86. The molecule has 4 nitrogen and oxygen atoms in total. The van der Waals surface area contributed by atoms with Crippen LogP contribution in [0.3, 0.4) is 0 Å². The Balaban J connectivity index is 1.97. The smallest absolute Gasteiger partial charge is 0.231 e. The van der Waals surface area contributed by atoms with Crippen molar-refractivity contribution in [3.8, 4) is 11.5 Å². The number of H-pyrrole nitrogens is 1. The molecule has 1 atom stereocenters. The van der Waals surface area contributed by atoms with E-state index in [0.29, 0.717) is 13.3 Å². The molecule has 0 fully saturated rings. The van der Waals surface area contributed by atoms with Crippen LogP contribution in [-0.4, -0.2) is 18.3 Å². The van der Waals surface area contributed by atoms with Gasteiger partial charge in [0.15, 0.2) is 11.5 Å². The molecule has 0 amide bonds. The van der Waals surface area contributed by atoms with Gasteiger partial charge in [0.2, 0.25) is 6.79 Å². The minimum absolute atomic E-state index is 0.191. The minimum atomic E-state index is 0.191. The van der Waals surface area contributed by atoms with E-state index < -0.39 is 0 Å². The predicted octanol–water partition coefficient (Wildman–Crippen LogP) is 1.83. The summed E-state index contributed by atoms with van der Waals surface area (Å²) in [5, 5.41) is 0. The van der Waals surface area contributed by atoms with E-state index in [1.54, 1.807) is 0 Å². The van der Waals surface area contributed by atoms with Crippen molar-refractivity contribution in [1.82, 2.24) is 4.98 Å². The largest absolute Gasteiger partial charge is 0.454 e. The van der Waals surface area contributed by atoms with E-state index in [4.69, 9.17) is 15.2 Å². The second-order valence-corrected chi connectivity index (χ2v) is 4.05. The number of fused-ring (bicyclic) bond motifs is 1. The summed E-state index contributed by atoms with van der Waals surface area (Å²) < 4.78 is 10.7. The first-order valence-corrected chi connectivity index (χ1v) is 5.61. The number of hydrogen-bond acceptors (Lipinski definition) is 3. The molecule has 2 aromatic rings. The molecule has 3 N–H and O–H groups in total. The first-order valence-electron chi connectivity index (χ1n) is 5.61. The number of nitrogens with two attached hydrogens (primary N) is 1. The van der Waals surface area contributed by atoms with Crippen molar-refractivity contribution in [2.24, 2.45) is 5.73 Å². The summed E-state index contributed by atoms with van der Waals surface area (Å²) in [6.45, 7) is 0.869. The number of nitrogens with one attached hydrogen (secondary N) is 1. The van der Waals surface area contributed by atoms with Crippen LogP contribution in [0.1, 0.15) is 17.0 Å². The van der Waals surface area contributed by atoms with Gasteiger partial charge in [-0.05, 0) is 29.3 Å². The third-order valence-electron chi connectivity index (χ3n) is 3.06. The number of ether oxygens (including phenoxy) is 2. The van der Waals surface area contributed by atoms with Gasteiger partial charge < -0.3 is 20.2 Å². The molecule has 0 spiro atoms. The molecule has 1 aliphatic rings. The first-order chi connectivity index (χ1) is 8.38. The van der Waals surface area contributed by atoms with Crippen LogP contribution in [0.5, 0.6) is 11.5 Å². The first kappa shape index (κ1) is 10.2. The van der Waals surface area contributed by atoms with Gasteiger partial charge >= 0.3 is 0 Å². The van der Waals surface area contributed by atoms with Gasteiger partial charge in [0.25, 0.3) is 0 Å². The molecule has 88 valence electrons. The lowest BCUT2D eigenvalue weighted by Crippen LogP contribution is -2.13. The van der Waals surface area contributed by atoms with Gasteiger partial charge in [0.05, 0.1) is 0 Å². The number of aromatic amines is 1. The summed E-state index contributed by atoms with van der Waals surface area (Å²) >= 11 is 0. The molecular weight excluding hydrogens is 216 g/mol. The van der Waals surface area contributed by atoms with E-state index >= 15 is 0 Å². The van der Waals surface area contributed by atoms with Crippen LogP contribution in [-0.2, 0) is 0 Å². The highest BCUT2D eigenvalue weighted by molar-refractivity contribution is 5.47. The Morgan fingerprint density at radius 1 is 1.18 bits per heavy atom. The van der Waals surface area contributed by atoms with Gasteiger partial charge in [-0.25, -0.2) is 0 Å². The predicted molar refractivity (Wildman–Crippen MR) is 64.3 cm³/mol. The molecule has 0 bridgehead atoms. The molecule has 4 heteroatoms. The molecule has 0 radical (unpaired) electrons. The number of benzene rings is 1. The minimum Gasteiger partial charge on any atom is -0.454 e. The number of hydrogen-bond donors (Lipinski definition) is 2. The van der Waals surface area contributed by atoms with Crippen LogP contribution < -0.4 is 15.2 Å². The molecule has 17 heavy (non-hydrogen) atoms. The van der Waals surface area contributed by atoms with Crippen LogP contribution in [0.2, 0.25) is 0 Å². The van der Waals surface area contributed by atoms with Gasteiger partial charge in [-0.1, -0.05) is 6.07 Å². The molecule has 0 saturated carbocycles. The van der Waals surface area contributed by atoms with E-state index in [2.05, 4.69) is 4.98 Å². The Morgan fingerprint density at radius 3 is 2.82 bits per heavy atom. The van der Waals surface area contributed by atoms with E-state index in [1.165, 1.54) is 5.56 Å². The molecule has 3 rings (SSSR count). The number of aromatic nitrogens is 1. The summed E-state index contributed by atoms with van der Waals surface area (Å²) in [6, 6.07) is 8.03. The third-order valence-corrected chi connectivity index (χ3v) is 3.06. The van der Waals surface area contributed by atoms with Crippen molar-refractivity contribution >= 4 is 0 Å². The molecule has 1 aromatic carbocycles. The van der Waals surface area contributed by atoms with Crippen molar-refractivity contribution in [3.05, 3.63) is 47.8 Å². The molecule has 1 aliphatic heterocycles. The Kier molecular flexibility index (Phi) is 2.49. The second-order valence-electron chi connectivity index (χ2n) is 4.05. The van der Waals surface area contributed by atoms with Crippen LogP contribution in [0, 0.1) is 0 Å². The number of rotatable bonds is 3. The third kappa shape index (κ3) is 1.76. The lowest BCUT2D eigenvalue weighted by atomic mass is 9.93. The van der Waals surface area contributed by atoms with Gasteiger partial charge in [-0.2, -0.15) is 0 Å². The van der Waals surface area contributed by atoms with E-state index in [1.807, 2.05) is 36.7 Å². The second kappa shape index (κ2) is 4.14. The summed E-state index contributed by atoms with van der Waals surface area (Å²) in [4.78, 5) is 3.06. The Hall–Kier alpha value is -1.94. The Labute approximate surface area is 99.4 Å². The fourth-order valence-electron chi connectivity index (χ4n) is 2.15. The van der Waals surface area contributed by atoms with Crippen molar-refractivity contribution in [2.75, 3.05) is 13.3 Å². The average Bonchev–Trinajstić information content (AvgIpc) is 2.99. The highest BCUT2D eigenvalue weighted by Crippen LogP contribution is 2.35. The maximum absolute atomic E-state index is 5.86.